The van der Waals surface area contributed by atoms with Crippen LogP contribution in [0.25, 0.3) is 0 Å². The summed E-state index contributed by atoms with van der Waals surface area (Å²) in [5.74, 6) is 0.0353. The van der Waals surface area contributed by atoms with Crippen LogP contribution in [0.2, 0.25) is 0 Å². The molecule has 8 heteroatoms. The third kappa shape index (κ3) is 5.01. The number of anilines is 1. The molecule has 28 heavy (non-hydrogen) atoms. The summed E-state index contributed by atoms with van der Waals surface area (Å²) in [5.41, 5.74) is 1.12. The van der Waals surface area contributed by atoms with Crippen LogP contribution in [0.5, 0.6) is 0 Å². The summed E-state index contributed by atoms with van der Waals surface area (Å²) in [7, 11) is 0. The van der Waals surface area contributed by atoms with E-state index >= 15 is 0 Å². The fourth-order valence-corrected chi connectivity index (χ4v) is 3.74. The van der Waals surface area contributed by atoms with Crippen LogP contribution in [0.4, 0.5) is 10.5 Å². The SMILES string of the molecule is CC(C)NC(=O)Nc1cccc(C(=O)N2CCCC(N3CCNCC3=O)C2)c1. The standard InChI is InChI=1S/C20H29N5O3/c1-14(2)22-20(28)23-16-6-3-5-15(11-16)19(27)24-9-4-7-17(13-24)25-10-8-21-12-18(25)26/h3,5-6,11,14,17,21H,4,7-10,12-13H2,1-2H3,(H2,22,23,28). The molecule has 1 atom stereocenters. The van der Waals surface area contributed by atoms with Gasteiger partial charge in [0.25, 0.3) is 5.91 Å². The van der Waals surface area contributed by atoms with Crippen LogP contribution in [0.15, 0.2) is 24.3 Å². The van der Waals surface area contributed by atoms with Gasteiger partial charge in [-0.05, 0) is 44.9 Å². The molecule has 0 aliphatic carbocycles. The zero-order valence-electron chi connectivity index (χ0n) is 16.5. The molecule has 0 aromatic heterocycles. The van der Waals surface area contributed by atoms with Crippen molar-refractivity contribution in [2.45, 2.75) is 38.8 Å². The number of likely N-dealkylation sites (tertiary alicyclic amines) is 1. The highest BCUT2D eigenvalue weighted by molar-refractivity contribution is 5.97. The van der Waals surface area contributed by atoms with Gasteiger partial charge in [0, 0.05) is 49.5 Å². The number of hydrogen-bond acceptors (Lipinski definition) is 4. The van der Waals surface area contributed by atoms with Crippen LogP contribution in [-0.2, 0) is 4.79 Å². The molecule has 1 aromatic rings. The van der Waals surface area contributed by atoms with E-state index in [0.29, 0.717) is 37.4 Å². The van der Waals surface area contributed by atoms with E-state index < -0.39 is 0 Å². The average Bonchev–Trinajstić information content (AvgIpc) is 2.67. The molecule has 0 saturated carbocycles. The van der Waals surface area contributed by atoms with E-state index in [2.05, 4.69) is 16.0 Å². The number of urea groups is 1. The first-order valence-electron chi connectivity index (χ1n) is 9.91. The van der Waals surface area contributed by atoms with Crippen molar-refractivity contribution in [2.75, 3.05) is 38.0 Å². The minimum atomic E-state index is -0.296. The van der Waals surface area contributed by atoms with Gasteiger partial charge >= 0.3 is 6.03 Å². The maximum absolute atomic E-state index is 13.0. The van der Waals surface area contributed by atoms with Gasteiger partial charge in [0.05, 0.1) is 6.54 Å². The predicted octanol–water partition coefficient (Wildman–Crippen LogP) is 1.25. The average molecular weight is 387 g/mol. The first-order chi connectivity index (χ1) is 13.4. The summed E-state index contributed by atoms with van der Waals surface area (Å²) in [6.07, 6.45) is 1.80. The van der Waals surface area contributed by atoms with Gasteiger partial charge in [0.1, 0.15) is 0 Å². The lowest BCUT2D eigenvalue weighted by Crippen LogP contribution is -2.57. The Labute approximate surface area is 165 Å². The molecular formula is C20H29N5O3. The summed E-state index contributed by atoms with van der Waals surface area (Å²) in [4.78, 5) is 40.8. The first-order valence-corrected chi connectivity index (χ1v) is 9.91. The molecule has 4 amide bonds. The molecule has 2 heterocycles. The third-order valence-corrected chi connectivity index (χ3v) is 5.04. The molecule has 0 bridgehead atoms. The number of piperazine rings is 1. The highest BCUT2D eigenvalue weighted by atomic mass is 16.2. The van der Waals surface area contributed by atoms with Gasteiger partial charge in [-0.1, -0.05) is 6.07 Å². The van der Waals surface area contributed by atoms with Gasteiger partial charge in [-0.3, -0.25) is 9.59 Å². The molecule has 1 unspecified atom stereocenters. The molecule has 8 nitrogen and oxygen atoms in total. The Hall–Kier alpha value is -2.61. The first kappa shape index (κ1) is 20.1. The van der Waals surface area contributed by atoms with Crippen molar-refractivity contribution < 1.29 is 14.4 Å². The zero-order chi connectivity index (χ0) is 20.1. The molecule has 2 aliphatic rings. The van der Waals surface area contributed by atoms with Crippen LogP contribution >= 0.6 is 0 Å². The van der Waals surface area contributed by atoms with Crippen molar-refractivity contribution in [1.29, 1.82) is 0 Å². The number of carbonyl (C=O) groups is 3. The van der Waals surface area contributed by atoms with Crippen LogP contribution in [-0.4, -0.2) is 72.5 Å². The van der Waals surface area contributed by atoms with Crippen LogP contribution < -0.4 is 16.0 Å². The minimum absolute atomic E-state index is 0.0304. The zero-order valence-corrected chi connectivity index (χ0v) is 16.5. The lowest BCUT2D eigenvalue weighted by Gasteiger charge is -2.41. The van der Waals surface area contributed by atoms with Gasteiger partial charge in [0.2, 0.25) is 5.91 Å². The Morgan fingerprint density at radius 3 is 2.82 bits per heavy atom. The summed E-state index contributed by atoms with van der Waals surface area (Å²) < 4.78 is 0. The highest BCUT2D eigenvalue weighted by Crippen LogP contribution is 2.20. The van der Waals surface area contributed by atoms with E-state index in [1.165, 1.54) is 0 Å². The smallest absolute Gasteiger partial charge is 0.319 e. The van der Waals surface area contributed by atoms with E-state index in [4.69, 9.17) is 0 Å². The summed E-state index contributed by atoms with van der Waals surface area (Å²) in [5, 5.41) is 8.60. The molecule has 152 valence electrons. The number of nitrogens with zero attached hydrogens (tertiary/aromatic N) is 2. The Bertz CT molecular complexity index is 736. The van der Waals surface area contributed by atoms with Crippen molar-refractivity contribution in [1.82, 2.24) is 20.4 Å². The summed E-state index contributed by atoms with van der Waals surface area (Å²) in [6, 6.07) is 6.78. The Morgan fingerprint density at radius 2 is 2.07 bits per heavy atom. The van der Waals surface area contributed by atoms with E-state index in [1.807, 2.05) is 23.6 Å². The Morgan fingerprint density at radius 1 is 1.25 bits per heavy atom. The van der Waals surface area contributed by atoms with E-state index in [-0.39, 0.29) is 29.9 Å². The molecule has 2 aliphatic heterocycles. The fourth-order valence-electron chi connectivity index (χ4n) is 3.74. The van der Waals surface area contributed by atoms with Crippen molar-refractivity contribution in [3.63, 3.8) is 0 Å². The monoisotopic (exact) mass is 387 g/mol. The summed E-state index contributed by atoms with van der Waals surface area (Å²) in [6.45, 7) is 6.86. The maximum Gasteiger partial charge on any atom is 0.319 e. The van der Waals surface area contributed by atoms with E-state index in [9.17, 15) is 14.4 Å². The second-order valence-electron chi connectivity index (χ2n) is 7.65. The number of piperidine rings is 1. The van der Waals surface area contributed by atoms with E-state index in [1.54, 1.807) is 24.3 Å². The van der Waals surface area contributed by atoms with Gasteiger partial charge < -0.3 is 25.8 Å². The quantitative estimate of drug-likeness (QED) is 0.725. The predicted molar refractivity (Wildman–Crippen MR) is 107 cm³/mol. The van der Waals surface area contributed by atoms with Gasteiger partial charge in [-0.25, -0.2) is 4.79 Å². The topological polar surface area (TPSA) is 93.8 Å². The molecule has 0 spiro atoms. The van der Waals surface area contributed by atoms with Gasteiger partial charge in [-0.2, -0.15) is 0 Å². The van der Waals surface area contributed by atoms with Crippen LogP contribution in [0.1, 0.15) is 37.0 Å². The Balaban J connectivity index is 1.65. The van der Waals surface area contributed by atoms with Crippen molar-refractivity contribution in [2.24, 2.45) is 0 Å². The normalized spacial score (nSPS) is 20.2. The molecule has 2 saturated heterocycles. The summed E-state index contributed by atoms with van der Waals surface area (Å²) >= 11 is 0. The number of benzene rings is 1. The third-order valence-electron chi connectivity index (χ3n) is 5.04. The maximum atomic E-state index is 13.0. The Kier molecular flexibility index (Phi) is 6.51. The highest BCUT2D eigenvalue weighted by Gasteiger charge is 2.31. The number of amides is 4. The molecule has 3 rings (SSSR count). The second-order valence-corrected chi connectivity index (χ2v) is 7.65. The van der Waals surface area contributed by atoms with Crippen molar-refractivity contribution in [3.05, 3.63) is 29.8 Å². The second kappa shape index (κ2) is 9.05. The largest absolute Gasteiger partial charge is 0.337 e. The van der Waals surface area contributed by atoms with E-state index in [0.717, 1.165) is 19.4 Å². The molecule has 2 fully saturated rings. The van der Waals surface area contributed by atoms with Crippen molar-refractivity contribution in [3.8, 4) is 0 Å². The number of nitrogens with one attached hydrogen (secondary N) is 3. The number of hydrogen-bond donors (Lipinski definition) is 3. The van der Waals surface area contributed by atoms with Crippen LogP contribution in [0, 0.1) is 0 Å². The van der Waals surface area contributed by atoms with Crippen molar-refractivity contribution >= 4 is 23.5 Å². The lowest BCUT2D eigenvalue weighted by molar-refractivity contribution is -0.135. The molecule has 3 N–H and O–H groups in total. The molecule has 1 aromatic carbocycles. The van der Waals surface area contributed by atoms with Crippen LogP contribution in [0.3, 0.4) is 0 Å². The van der Waals surface area contributed by atoms with Gasteiger partial charge in [0.15, 0.2) is 0 Å². The minimum Gasteiger partial charge on any atom is -0.337 e. The number of carbonyl (C=O) groups excluding carboxylic acids is 3. The molecular weight excluding hydrogens is 358 g/mol. The lowest BCUT2D eigenvalue weighted by atomic mass is 10.0. The van der Waals surface area contributed by atoms with Gasteiger partial charge in [-0.15, -0.1) is 0 Å². The fraction of sp³-hybridized carbons (Fsp3) is 0.550. The molecule has 0 radical (unpaired) electrons. The number of rotatable bonds is 4.